The van der Waals surface area contributed by atoms with Gasteiger partial charge in [-0.1, -0.05) is 12.1 Å². The first kappa shape index (κ1) is 15.7. The first-order valence-electron chi connectivity index (χ1n) is 6.96. The number of hydrogen-bond acceptors (Lipinski definition) is 4. The van der Waals surface area contributed by atoms with E-state index in [1.807, 2.05) is 0 Å². The average Bonchev–Trinajstić information content (AvgIpc) is 2.55. The van der Waals surface area contributed by atoms with E-state index in [9.17, 15) is 17.6 Å². The zero-order valence-corrected chi connectivity index (χ0v) is 11.9. The van der Waals surface area contributed by atoms with E-state index in [2.05, 4.69) is 9.97 Å². The second kappa shape index (κ2) is 6.11. The predicted molar refractivity (Wildman–Crippen MR) is 74.3 cm³/mol. The van der Waals surface area contributed by atoms with Crippen molar-refractivity contribution in [1.82, 2.24) is 9.97 Å². The number of alkyl halides is 3. The van der Waals surface area contributed by atoms with Crippen LogP contribution in [0.5, 0.6) is 0 Å². The van der Waals surface area contributed by atoms with Crippen LogP contribution in [0.3, 0.4) is 0 Å². The van der Waals surface area contributed by atoms with Gasteiger partial charge in [-0.05, 0) is 23.8 Å². The van der Waals surface area contributed by atoms with Crippen LogP contribution in [0.25, 0.3) is 0 Å². The molecule has 8 heteroatoms. The standard InChI is InChI=1S/C15H13F4N3O/c16-11-3-1-10(2-4-11)12-9-22(7-8-23-12)14-20-6-5-13(21-14)15(17,18)19/h1-6,12H,7-9H2/t12-/m0/s1. The van der Waals surface area contributed by atoms with Gasteiger partial charge in [0.1, 0.15) is 17.6 Å². The zero-order valence-electron chi connectivity index (χ0n) is 11.9. The molecule has 122 valence electrons. The minimum Gasteiger partial charge on any atom is -0.370 e. The Bertz CT molecular complexity index is 675. The van der Waals surface area contributed by atoms with Crippen LogP contribution in [-0.4, -0.2) is 29.7 Å². The smallest absolute Gasteiger partial charge is 0.370 e. The van der Waals surface area contributed by atoms with Crippen molar-refractivity contribution in [2.75, 3.05) is 24.6 Å². The van der Waals surface area contributed by atoms with E-state index in [4.69, 9.17) is 4.74 Å². The van der Waals surface area contributed by atoms with Gasteiger partial charge >= 0.3 is 6.18 Å². The normalized spacial score (nSPS) is 19.0. The van der Waals surface area contributed by atoms with Gasteiger partial charge in [0.15, 0.2) is 0 Å². The lowest BCUT2D eigenvalue weighted by Gasteiger charge is -2.33. The molecule has 0 N–H and O–H groups in total. The lowest BCUT2D eigenvalue weighted by Crippen LogP contribution is -2.39. The molecule has 2 aromatic rings. The number of benzene rings is 1. The molecule has 0 amide bonds. The molecule has 0 radical (unpaired) electrons. The fourth-order valence-electron chi connectivity index (χ4n) is 2.37. The van der Waals surface area contributed by atoms with Crippen LogP contribution in [0.2, 0.25) is 0 Å². The summed E-state index contributed by atoms with van der Waals surface area (Å²) < 4.78 is 56.8. The van der Waals surface area contributed by atoms with E-state index in [0.29, 0.717) is 19.7 Å². The summed E-state index contributed by atoms with van der Waals surface area (Å²) in [4.78, 5) is 9.13. The lowest BCUT2D eigenvalue weighted by atomic mass is 10.1. The maximum absolute atomic E-state index is 13.0. The molecule has 0 saturated carbocycles. The SMILES string of the molecule is Fc1ccc([C@@H]2CN(c3nccc(C(F)(F)F)n3)CCO2)cc1. The highest BCUT2D eigenvalue weighted by atomic mass is 19.4. The van der Waals surface area contributed by atoms with Crippen molar-refractivity contribution in [3.8, 4) is 0 Å². The number of morpholine rings is 1. The van der Waals surface area contributed by atoms with Crippen molar-refractivity contribution >= 4 is 5.95 Å². The molecule has 1 atom stereocenters. The van der Waals surface area contributed by atoms with Crippen LogP contribution >= 0.6 is 0 Å². The van der Waals surface area contributed by atoms with Crippen LogP contribution in [0.1, 0.15) is 17.4 Å². The van der Waals surface area contributed by atoms with E-state index in [-0.39, 0.29) is 17.9 Å². The highest BCUT2D eigenvalue weighted by Gasteiger charge is 2.34. The highest BCUT2D eigenvalue weighted by Crippen LogP contribution is 2.29. The Balaban J connectivity index is 1.80. The van der Waals surface area contributed by atoms with Crippen molar-refractivity contribution in [1.29, 1.82) is 0 Å². The molecule has 0 bridgehead atoms. The molecule has 0 aliphatic carbocycles. The number of hydrogen-bond donors (Lipinski definition) is 0. The van der Waals surface area contributed by atoms with Crippen LogP contribution in [0.15, 0.2) is 36.5 Å². The van der Waals surface area contributed by atoms with Crippen molar-refractivity contribution in [2.45, 2.75) is 12.3 Å². The largest absolute Gasteiger partial charge is 0.433 e. The number of aromatic nitrogens is 2. The quantitative estimate of drug-likeness (QED) is 0.794. The van der Waals surface area contributed by atoms with Gasteiger partial charge in [0, 0.05) is 12.7 Å². The molecule has 1 fully saturated rings. The van der Waals surface area contributed by atoms with E-state index >= 15 is 0 Å². The molecule has 23 heavy (non-hydrogen) atoms. The second-order valence-electron chi connectivity index (χ2n) is 5.10. The number of rotatable bonds is 2. The van der Waals surface area contributed by atoms with E-state index in [1.54, 1.807) is 17.0 Å². The third kappa shape index (κ3) is 3.58. The Labute approximate surface area is 129 Å². The monoisotopic (exact) mass is 327 g/mol. The van der Waals surface area contributed by atoms with Gasteiger partial charge in [0.05, 0.1) is 13.2 Å². The lowest BCUT2D eigenvalue weighted by molar-refractivity contribution is -0.141. The fraction of sp³-hybridized carbons (Fsp3) is 0.333. The second-order valence-corrected chi connectivity index (χ2v) is 5.10. The van der Waals surface area contributed by atoms with E-state index < -0.39 is 11.9 Å². The summed E-state index contributed by atoms with van der Waals surface area (Å²) in [6.45, 7) is 1.01. The van der Waals surface area contributed by atoms with Gasteiger partial charge in [0.25, 0.3) is 0 Å². The summed E-state index contributed by atoms with van der Waals surface area (Å²) in [6.07, 6.45) is -3.80. The summed E-state index contributed by atoms with van der Waals surface area (Å²) in [6, 6.07) is 6.66. The Hall–Kier alpha value is -2.22. The molecule has 1 aliphatic heterocycles. The first-order valence-corrected chi connectivity index (χ1v) is 6.96. The van der Waals surface area contributed by atoms with E-state index in [0.717, 1.165) is 17.8 Å². The van der Waals surface area contributed by atoms with Crippen molar-refractivity contribution in [2.24, 2.45) is 0 Å². The molecule has 1 aromatic heterocycles. The minimum atomic E-state index is -4.51. The molecule has 1 aliphatic rings. The van der Waals surface area contributed by atoms with Crippen LogP contribution in [-0.2, 0) is 10.9 Å². The zero-order chi connectivity index (χ0) is 16.4. The summed E-state index contributed by atoms with van der Waals surface area (Å²) in [5.41, 5.74) is -0.226. The molecule has 4 nitrogen and oxygen atoms in total. The molecule has 2 heterocycles. The van der Waals surface area contributed by atoms with Gasteiger partial charge < -0.3 is 9.64 Å². The molecule has 1 saturated heterocycles. The topological polar surface area (TPSA) is 38.2 Å². The Morgan fingerprint density at radius 3 is 2.57 bits per heavy atom. The third-order valence-corrected chi connectivity index (χ3v) is 3.52. The highest BCUT2D eigenvalue weighted by molar-refractivity contribution is 5.33. The third-order valence-electron chi connectivity index (χ3n) is 3.52. The maximum atomic E-state index is 13.0. The van der Waals surface area contributed by atoms with Gasteiger partial charge in [-0.25, -0.2) is 14.4 Å². The van der Waals surface area contributed by atoms with Crippen LogP contribution < -0.4 is 4.90 Å². The van der Waals surface area contributed by atoms with E-state index in [1.165, 1.54) is 12.1 Å². The molecule has 0 unspecified atom stereocenters. The Morgan fingerprint density at radius 2 is 1.87 bits per heavy atom. The van der Waals surface area contributed by atoms with Crippen molar-refractivity contribution < 1.29 is 22.3 Å². The Morgan fingerprint density at radius 1 is 1.13 bits per heavy atom. The van der Waals surface area contributed by atoms with Gasteiger partial charge in [-0.15, -0.1) is 0 Å². The summed E-state index contributed by atoms with van der Waals surface area (Å²) in [7, 11) is 0. The first-order chi connectivity index (χ1) is 10.9. The molecule has 1 aromatic carbocycles. The summed E-state index contributed by atoms with van der Waals surface area (Å²) in [5.74, 6) is -0.349. The number of halogens is 4. The number of ether oxygens (including phenoxy) is 1. The summed E-state index contributed by atoms with van der Waals surface area (Å²) in [5, 5.41) is 0. The minimum absolute atomic E-state index is 0.00948. The van der Waals surface area contributed by atoms with Crippen molar-refractivity contribution in [3.63, 3.8) is 0 Å². The molecular formula is C15H13F4N3O. The fourth-order valence-corrected chi connectivity index (χ4v) is 2.37. The predicted octanol–water partition coefficient (Wildman–Crippen LogP) is 3.21. The molecule has 3 rings (SSSR count). The molecule has 0 spiro atoms. The van der Waals surface area contributed by atoms with Crippen molar-refractivity contribution in [3.05, 3.63) is 53.6 Å². The van der Waals surface area contributed by atoms with Gasteiger partial charge in [-0.2, -0.15) is 13.2 Å². The average molecular weight is 327 g/mol. The van der Waals surface area contributed by atoms with Crippen LogP contribution in [0, 0.1) is 5.82 Å². The molecular weight excluding hydrogens is 314 g/mol. The Kier molecular flexibility index (Phi) is 4.16. The maximum Gasteiger partial charge on any atom is 0.433 e. The van der Waals surface area contributed by atoms with Gasteiger partial charge in [-0.3, -0.25) is 0 Å². The number of anilines is 1. The number of nitrogens with zero attached hydrogens (tertiary/aromatic N) is 3. The summed E-state index contributed by atoms with van der Waals surface area (Å²) >= 11 is 0. The van der Waals surface area contributed by atoms with Crippen LogP contribution in [0.4, 0.5) is 23.5 Å². The van der Waals surface area contributed by atoms with Gasteiger partial charge in [0.2, 0.25) is 5.95 Å².